The van der Waals surface area contributed by atoms with Crippen LogP contribution in [0.2, 0.25) is 5.02 Å². The van der Waals surface area contributed by atoms with Crippen molar-refractivity contribution in [2.45, 2.75) is 5.92 Å². The number of halogens is 2. The summed E-state index contributed by atoms with van der Waals surface area (Å²) < 4.78 is 19.2. The van der Waals surface area contributed by atoms with Gasteiger partial charge in [0.05, 0.1) is 6.61 Å². The lowest BCUT2D eigenvalue weighted by atomic mass is 9.89. The smallest absolute Gasteiger partial charge is 0.249 e. The third kappa shape index (κ3) is 2.02. The van der Waals surface area contributed by atoms with Gasteiger partial charge in [-0.2, -0.15) is 0 Å². The molecule has 0 saturated heterocycles. The highest BCUT2D eigenvalue weighted by atomic mass is 35.5. The third-order valence-corrected chi connectivity index (χ3v) is 3.63. The Labute approximate surface area is 120 Å². The van der Waals surface area contributed by atoms with Crippen LogP contribution in [0.4, 0.5) is 4.39 Å². The Hall–Kier alpha value is -2.07. The van der Waals surface area contributed by atoms with Gasteiger partial charge in [-0.3, -0.25) is 4.79 Å². The second-order valence-corrected chi connectivity index (χ2v) is 5.06. The van der Waals surface area contributed by atoms with Crippen LogP contribution in [0.3, 0.4) is 0 Å². The van der Waals surface area contributed by atoms with Gasteiger partial charge in [-0.05, 0) is 23.8 Å². The van der Waals surface area contributed by atoms with Crippen molar-refractivity contribution < 1.29 is 13.9 Å². The second kappa shape index (κ2) is 4.80. The largest absolute Gasteiger partial charge is 0.489 e. The maximum absolute atomic E-state index is 13.8. The van der Waals surface area contributed by atoms with E-state index in [-0.39, 0.29) is 18.3 Å². The highest BCUT2D eigenvalue weighted by Gasteiger charge is 2.31. The average Bonchev–Trinajstić information content (AvgIpc) is 2.82. The van der Waals surface area contributed by atoms with Gasteiger partial charge in [0.2, 0.25) is 5.91 Å². The number of fused-ring (bicyclic) bond motifs is 1. The summed E-state index contributed by atoms with van der Waals surface area (Å²) >= 11 is 5.90. The molecule has 2 aromatic rings. The van der Waals surface area contributed by atoms with E-state index in [0.29, 0.717) is 16.1 Å². The van der Waals surface area contributed by atoms with Gasteiger partial charge < -0.3 is 10.5 Å². The fraction of sp³-hybridized carbons (Fsp3) is 0.133. The summed E-state index contributed by atoms with van der Waals surface area (Å²) in [5.74, 6) is -1.07. The summed E-state index contributed by atoms with van der Waals surface area (Å²) in [7, 11) is 0. The SMILES string of the molecule is NC(=O)c1ccccc1C1COc2c(F)cc(Cl)cc21. The lowest BCUT2D eigenvalue weighted by Gasteiger charge is -2.13. The molecule has 1 unspecified atom stereocenters. The number of hydrogen-bond acceptors (Lipinski definition) is 2. The Morgan fingerprint density at radius 2 is 2.05 bits per heavy atom. The van der Waals surface area contributed by atoms with Crippen LogP contribution in [-0.2, 0) is 0 Å². The van der Waals surface area contributed by atoms with Crippen molar-refractivity contribution in [3.8, 4) is 5.75 Å². The van der Waals surface area contributed by atoms with Gasteiger partial charge in [-0.15, -0.1) is 0 Å². The van der Waals surface area contributed by atoms with Crippen LogP contribution in [-0.4, -0.2) is 12.5 Å². The fourth-order valence-corrected chi connectivity index (χ4v) is 2.74. The van der Waals surface area contributed by atoms with Crippen LogP contribution in [0.5, 0.6) is 5.75 Å². The van der Waals surface area contributed by atoms with Gasteiger partial charge in [0.25, 0.3) is 0 Å². The second-order valence-electron chi connectivity index (χ2n) is 4.62. The van der Waals surface area contributed by atoms with Crippen molar-refractivity contribution in [1.82, 2.24) is 0 Å². The van der Waals surface area contributed by atoms with Crippen LogP contribution >= 0.6 is 11.6 Å². The van der Waals surface area contributed by atoms with Crippen molar-refractivity contribution in [3.05, 3.63) is 63.9 Å². The lowest BCUT2D eigenvalue weighted by Crippen LogP contribution is -2.16. The molecule has 2 N–H and O–H groups in total. The Morgan fingerprint density at radius 1 is 1.30 bits per heavy atom. The zero-order valence-corrected chi connectivity index (χ0v) is 11.2. The number of rotatable bonds is 2. The van der Waals surface area contributed by atoms with Crippen LogP contribution in [0.25, 0.3) is 0 Å². The van der Waals surface area contributed by atoms with Crippen molar-refractivity contribution in [1.29, 1.82) is 0 Å². The molecule has 102 valence electrons. The van der Waals surface area contributed by atoms with E-state index in [0.717, 1.165) is 5.56 Å². The molecule has 0 fully saturated rings. The summed E-state index contributed by atoms with van der Waals surface area (Å²) in [6.45, 7) is 0.261. The third-order valence-electron chi connectivity index (χ3n) is 3.41. The molecule has 5 heteroatoms. The van der Waals surface area contributed by atoms with E-state index >= 15 is 0 Å². The quantitative estimate of drug-likeness (QED) is 0.924. The standard InChI is InChI=1S/C15H11ClFNO2/c16-8-5-11-12(7-20-14(11)13(17)6-8)9-3-1-2-4-10(9)15(18)19/h1-6,12H,7H2,(H2,18,19). The number of amides is 1. The van der Waals surface area contributed by atoms with Crippen molar-refractivity contribution >= 4 is 17.5 Å². The normalized spacial score (nSPS) is 16.6. The predicted molar refractivity (Wildman–Crippen MR) is 73.7 cm³/mol. The van der Waals surface area contributed by atoms with Gasteiger partial charge in [-0.1, -0.05) is 29.8 Å². The topological polar surface area (TPSA) is 52.3 Å². The van der Waals surface area contributed by atoms with Crippen LogP contribution in [0, 0.1) is 5.82 Å². The molecule has 0 radical (unpaired) electrons. The monoisotopic (exact) mass is 291 g/mol. The van der Waals surface area contributed by atoms with E-state index in [4.69, 9.17) is 22.1 Å². The molecular formula is C15H11ClFNO2. The molecule has 2 aromatic carbocycles. The zero-order chi connectivity index (χ0) is 14.3. The molecule has 0 saturated carbocycles. The summed E-state index contributed by atoms with van der Waals surface area (Å²) in [4.78, 5) is 11.5. The summed E-state index contributed by atoms with van der Waals surface area (Å²) in [6, 6.07) is 9.86. The van der Waals surface area contributed by atoms with Crippen molar-refractivity contribution in [2.75, 3.05) is 6.61 Å². The summed E-state index contributed by atoms with van der Waals surface area (Å²) in [5, 5.41) is 0.299. The maximum atomic E-state index is 13.8. The number of benzene rings is 2. The average molecular weight is 292 g/mol. The molecule has 0 spiro atoms. The van der Waals surface area contributed by atoms with Crippen molar-refractivity contribution in [3.63, 3.8) is 0 Å². The number of hydrogen-bond donors (Lipinski definition) is 1. The first-order valence-electron chi connectivity index (χ1n) is 6.08. The van der Waals surface area contributed by atoms with E-state index in [2.05, 4.69) is 0 Å². The lowest BCUT2D eigenvalue weighted by molar-refractivity contribution is 0.0999. The minimum Gasteiger partial charge on any atom is -0.489 e. The molecule has 1 atom stereocenters. The Bertz CT molecular complexity index is 702. The maximum Gasteiger partial charge on any atom is 0.249 e. The molecule has 20 heavy (non-hydrogen) atoms. The molecule has 1 amide bonds. The number of nitrogens with two attached hydrogens (primary N) is 1. The molecule has 0 aromatic heterocycles. The molecule has 1 heterocycles. The van der Waals surface area contributed by atoms with Gasteiger partial charge in [0.1, 0.15) is 0 Å². The molecule has 0 bridgehead atoms. The van der Waals surface area contributed by atoms with Gasteiger partial charge in [0, 0.05) is 22.1 Å². The van der Waals surface area contributed by atoms with Crippen LogP contribution in [0.15, 0.2) is 36.4 Å². The van der Waals surface area contributed by atoms with E-state index in [9.17, 15) is 9.18 Å². The first-order chi connectivity index (χ1) is 9.58. The molecule has 1 aliphatic rings. The fourth-order valence-electron chi connectivity index (χ4n) is 2.53. The van der Waals surface area contributed by atoms with Crippen LogP contribution in [0.1, 0.15) is 27.4 Å². The molecule has 1 aliphatic heterocycles. The van der Waals surface area contributed by atoms with Gasteiger partial charge in [0.15, 0.2) is 11.6 Å². The molecule has 0 aliphatic carbocycles. The summed E-state index contributed by atoms with van der Waals surface area (Å²) in [6.07, 6.45) is 0. The van der Waals surface area contributed by atoms with Gasteiger partial charge >= 0.3 is 0 Å². The first kappa shape index (κ1) is 12.9. The van der Waals surface area contributed by atoms with Crippen LogP contribution < -0.4 is 10.5 Å². The number of primary amides is 1. The van der Waals surface area contributed by atoms with E-state index in [1.54, 1.807) is 30.3 Å². The van der Waals surface area contributed by atoms with E-state index in [1.165, 1.54) is 6.07 Å². The zero-order valence-electron chi connectivity index (χ0n) is 10.4. The molecule has 3 rings (SSSR count). The molecule has 3 nitrogen and oxygen atoms in total. The highest BCUT2D eigenvalue weighted by Crippen LogP contribution is 2.42. The minimum absolute atomic E-state index is 0.193. The first-order valence-corrected chi connectivity index (χ1v) is 6.46. The Balaban J connectivity index is 2.15. The van der Waals surface area contributed by atoms with Crippen molar-refractivity contribution in [2.24, 2.45) is 5.73 Å². The Kier molecular flexibility index (Phi) is 3.10. The molecular weight excluding hydrogens is 281 g/mol. The summed E-state index contributed by atoms with van der Waals surface area (Å²) in [5.41, 5.74) is 7.16. The number of carbonyl (C=O) groups excluding carboxylic acids is 1. The van der Waals surface area contributed by atoms with Gasteiger partial charge in [-0.25, -0.2) is 4.39 Å². The minimum atomic E-state index is -0.517. The van der Waals surface area contributed by atoms with E-state index in [1.807, 2.05) is 0 Å². The van der Waals surface area contributed by atoms with E-state index < -0.39 is 11.7 Å². The highest BCUT2D eigenvalue weighted by molar-refractivity contribution is 6.30. The number of ether oxygens (including phenoxy) is 1. The Morgan fingerprint density at radius 3 is 2.80 bits per heavy atom. The number of carbonyl (C=O) groups is 1. The predicted octanol–water partition coefficient (Wildman–Crippen LogP) is 3.10.